The minimum Gasteiger partial charge on any atom is -0.444 e. The number of hydrogen-bond donors (Lipinski definition) is 2. The highest BCUT2D eigenvalue weighted by Crippen LogP contribution is 2.20. The largest absolute Gasteiger partial charge is 0.444 e. The van der Waals surface area contributed by atoms with Gasteiger partial charge in [-0.05, 0) is 49.5 Å². The van der Waals surface area contributed by atoms with Crippen LogP contribution in [-0.2, 0) is 9.59 Å². The minimum atomic E-state index is 0.244. The summed E-state index contributed by atoms with van der Waals surface area (Å²) in [5.74, 6) is 2.13. The molecule has 1 heterocycles. The van der Waals surface area contributed by atoms with E-state index >= 15 is 0 Å². The molecule has 0 fully saturated rings. The SMILES string of the molecule is C=C(C)SCC.CC(=O)CCCCCNC=O.Nc1cccc(-c2cnco2)c1. The van der Waals surface area contributed by atoms with Gasteiger partial charge in [0, 0.05) is 24.2 Å². The molecule has 29 heavy (non-hydrogen) atoms. The van der Waals surface area contributed by atoms with Crippen molar-refractivity contribution in [3.05, 3.63) is 48.3 Å². The van der Waals surface area contributed by atoms with Crippen molar-refractivity contribution in [1.29, 1.82) is 0 Å². The number of unbranched alkanes of at least 4 members (excludes halogenated alkanes) is 2. The molecule has 1 aromatic heterocycles. The summed E-state index contributed by atoms with van der Waals surface area (Å²) in [6, 6.07) is 7.49. The van der Waals surface area contributed by atoms with Gasteiger partial charge in [0.25, 0.3) is 0 Å². The number of oxazole rings is 1. The van der Waals surface area contributed by atoms with Gasteiger partial charge in [-0.3, -0.25) is 4.79 Å². The highest BCUT2D eigenvalue weighted by atomic mass is 32.2. The van der Waals surface area contributed by atoms with Crippen LogP contribution in [0.3, 0.4) is 0 Å². The Morgan fingerprint density at radius 1 is 1.31 bits per heavy atom. The predicted octanol–water partition coefficient (Wildman–Crippen LogP) is 5.08. The number of ketones is 1. The average molecular weight is 420 g/mol. The maximum atomic E-state index is 10.5. The monoisotopic (exact) mass is 419 g/mol. The fourth-order valence-corrected chi connectivity index (χ4v) is 2.63. The van der Waals surface area contributed by atoms with E-state index in [0.717, 1.165) is 48.6 Å². The number of benzene rings is 1. The third kappa shape index (κ3) is 16.1. The summed E-state index contributed by atoms with van der Waals surface area (Å²) >= 11 is 1.79. The van der Waals surface area contributed by atoms with Crippen LogP contribution in [0.15, 0.2) is 52.8 Å². The number of thioether (sulfide) groups is 1. The number of carbonyl (C=O) groups is 2. The van der Waals surface area contributed by atoms with Gasteiger partial charge in [0.2, 0.25) is 6.41 Å². The quantitative estimate of drug-likeness (QED) is 0.317. The smallest absolute Gasteiger partial charge is 0.207 e. The van der Waals surface area contributed by atoms with Crippen molar-refractivity contribution in [1.82, 2.24) is 10.3 Å². The first kappa shape index (κ1) is 26.5. The summed E-state index contributed by atoms with van der Waals surface area (Å²) in [4.78, 5) is 25.3. The molecule has 1 aromatic carbocycles. The summed E-state index contributed by atoms with van der Waals surface area (Å²) in [7, 11) is 0. The van der Waals surface area contributed by atoms with Gasteiger partial charge in [-0.25, -0.2) is 4.98 Å². The van der Waals surface area contributed by atoms with Gasteiger partial charge in [0.1, 0.15) is 5.78 Å². The molecule has 0 saturated carbocycles. The van der Waals surface area contributed by atoms with Crippen LogP contribution < -0.4 is 11.1 Å². The van der Waals surface area contributed by atoms with E-state index in [-0.39, 0.29) is 5.78 Å². The van der Waals surface area contributed by atoms with Gasteiger partial charge in [-0.15, -0.1) is 11.8 Å². The lowest BCUT2D eigenvalue weighted by Gasteiger charge is -1.97. The molecular formula is C22H33N3O3S. The summed E-state index contributed by atoms with van der Waals surface area (Å²) < 4.78 is 5.11. The molecule has 0 atom stereocenters. The highest BCUT2D eigenvalue weighted by Gasteiger charge is 1.99. The van der Waals surface area contributed by atoms with E-state index in [1.54, 1.807) is 24.9 Å². The molecule has 6 nitrogen and oxygen atoms in total. The number of rotatable bonds is 10. The Morgan fingerprint density at radius 3 is 2.55 bits per heavy atom. The van der Waals surface area contributed by atoms with Gasteiger partial charge in [0.15, 0.2) is 12.2 Å². The Labute approximate surface area is 178 Å². The molecule has 0 aliphatic rings. The zero-order valence-corrected chi connectivity index (χ0v) is 18.5. The Kier molecular flexibility index (Phi) is 16.0. The molecule has 0 saturated heterocycles. The van der Waals surface area contributed by atoms with E-state index in [9.17, 15) is 9.59 Å². The molecule has 3 N–H and O–H groups in total. The summed E-state index contributed by atoms with van der Waals surface area (Å²) in [5.41, 5.74) is 7.28. The standard InChI is InChI=1S/C9H8N2O.C8H15NO2.C5H10S/c10-8-3-1-2-7(4-8)9-5-11-6-12-9;1-8(11)5-3-2-4-6-9-7-10;1-4-6-5(2)3/h1-6H,10H2;7H,2-6H2,1H3,(H,9,10);2,4H2,1,3H3. The highest BCUT2D eigenvalue weighted by molar-refractivity contribution is 8.02. The molecule has 1 amide bonds. The molecule has 0 aliphatic heterocycles. The topological polar surface area (TPSA) is 98.2 Å². The second kappa shape index (κ2) is 17.6. The molecular weight excluding hydrogens is 386 g/mol. The van der Waals surface area contributed by atoms with Crippen LogP contribution in [0.1, 0.15) is 46.5 Å². The van der Waals surface area contributed by atoms with Crippen LogP contribution in [0.4, 0.5) is 5.69 Å². The van der Waals surface area contributed by atoms with Gasteiger partial charge in [-0.2, -0.15) is 0 Å². The molecule has 7 heteroatoms. The van der Waals surface area contributed by atoms with E-state index in [2.05, 4.69) is 23.8 Å². The lowest BCUT2D eigenvalue weighted by Crippen LogP contribution is -2.11. The molecule has 0 bridgehead atoms. The number of anilines is 1. The number of amides is 1. The van der Waals surface area contributed by atoms with Crippen molar-refractivity contribution in [2.24, 2.45) is 0 Å². The minimum absolute atomic E-state index is 0.244. The fourth-order valence-electron chi connectivity index (χ4n) is 2.13. The number of nitrogens with zero attached hydrogens (tertiary/aromatic N) is 1. The van der Waals surface area contributed by atoms with Crippen LogP contribution in [0.5, 0.6) is 0 Å². The van der Waals surface area contributed by atoms with Gasteiger partial charge in [0.05, 0.1) is 6.20 Å². The van der Waals surface area contributed by atoms with E-state index in [1.165, 1.54) is 11.3 Å². The van der Waals surface area contributed by atoms with Crippen LogP contribution in [0.25, 0.3) is 11.3 Å². The summed E-state index contributed by atoms with van der Waals surface area (Å²) in [5, 5.41) is 2.57. The second-order valence-corrected chi connectivity index (χ2v) is 7.77. The van der Waals surface area contributed by atoms with Crippen molar-refractivity contribution in [3.63, 3.8) is 0 Å². The lowest BCUT2D eigenvalue weighted by atomic mass is 10.1. The third-order valence-electron chi connectivity index (χ3n) is 3.43. The number of carbonyl (C=O) groups excluding carboxylic acids is 2. The first-order chi connectivity index (χ1) is 13.9. The number of nitrogens with one attached hydrogen (secondary N) is 1. The van der Waals surface area contributed by atoms with E-state index in [4.69, 9.17) is 10.2 Å². The number of nitrogens with two attached hydrogens (primary N) is 1. The zero-order valence-electron chi connectivity index (χ0n) is 17.6. The fraction of sp³-hybridized carbons (Fsp3) is 0.409. The first-order valence-corrected chi connectivity index (χ1v) is 10.6. The maximum Gasteiger partial charge on any atom is 0.207 e. The molecule has 2 aromatic rings. The molecule has 0 radical (unpaired) electrons. The number of Topliss-reactive ketones (excluding diaryl/α,β-unsaturated/α-hetero) is 1. The van der Waals surface area contributed by atoms with E-state index < -0.39 is 0 Å². The first-order valence-electron chi connectivity index (χ1n) is 9.59. The van der Waals surface area contributed by atoms with Gasteiger partial charge < -0.3 is 20.3 Å². The van der Waals surface area contributed by atoms with Crippen molar-refractivity contribution < 1.29 is 14.0 Å². The van der Waals surface area contributed by atoms with E-state index in [0.29, 0.717) is 12.8 Å². The number of allylic oxidation sites excluding steroid dienone is 1. The average Bonchev–Trinajstić information content (AvgIpc) is 3.20. The molecule has 2 rings (SSSR count). The van der Waals surface area contributed by atoms with Crippen molar-refractivity contribution in [2.45, 2.75) is 46.5 Å². The normalized spacial score (nSPS) is 9.34. The predicted molar refractivity (Wildman–Crippen MR) is 123 cm³/mol. The van der Waals surface area contributed by atoms with Crippen LogP contribution in [-0.4, -0.2) is 29.5 Å². The zero-order chi connectivity index (χ0) is 21.9. The van der Waals surface area contributed by atoms with Crippen LogP contribution >= 0.6 is 11.8 Å². The Bertz CT molecular complexity index is 703. The maximum absolute atomic E-state index is 10.5. The Morgan fingerprint density at radius 2 is 2.07 bits per heavy atom. The Balaban J connectivity index is 0.000000431. The Hall–Kier alpha value is -2.54. The number of hydrogen-bond acceptors (Lipinski definition) is 6. The molecule has 0 aliphatic carbocycles. The van der Waals surface area contributed by atoms with Crippen molar-refractivity contribution in [2.75, 3.05) is 18.0 Å². The number of aromatic nitrogens is 1. The number of nitrogen functional groups attached to an aromatic ring is 1. The van der Waals surface area contributed by atoms with Gasteiger partial charge >= 0.3 is 0 Å². The summed E-state index contributed by atoms with van der Waals surface area (Å²) in [6.45, 7) is 10.2. The molecule has 0 unspecified atom stereocenters. The second-order valence-electron chi connectivity index (χ2n) is 6.21. The van der Waals surface area contributed by atoms with Gasteiger partial charge in [-0.1, -0.05) is 32.1 Å². The molecule has 160 valence electrons. The lowest BCUT2D eigenvalue weighted by molar-refractivity contribution is -0.117. The van der Waals surface area contributed by atoms with Crippen molar-refractivity contribution in [3.8, 4) is 11.3 Å². The third-order valence-corrected chi connectivity index (χ3v) is 4.21. The summed E-state index contributed by atoms with van der Waals surface area (Å²) in [6.07, 6.45) is 7.35. The molecule has 0 spiro atoms. The van der Waals surface area contributed by atoms with E-state index in [1.807, 2.05) is 31.2 Å². The van der Waals surface area contributed by atoms with Crippen LogP contribution in [0, 0.1) is 0 Å². The van der Waals surface area contributed by atoms with Crippen LogP contribution in [0.2, 0.25) is 0 Å². The van der Waals surface area contributed by atoms with Crippen molar-refractivity contribution >= 4 is 29.6 Å².